The molecular formula is C14H21N3O2S. The minimum absolute atomic E-state index is 0.158. The average molecular weight is 295 g/mol. The molecule has 1 aliphatic heterocycles. The summed E-state index contributed by atoms with van der Waals surface area (Å²) < 4.78 is 5.66. The van der Waals surface area contributed by atoms with Crippen molar-refractivity contribution in [2.45, 2.75) is 25.4 Å². The highest BCUT2D eigenvalue weighted by Crippen LogP contribution is 2.29. The van der Waals surface area contributed by atoms with Crippen molar-refractivity contribution >= 4 is 27.9 Å². The molecule has 1 aromatic rings. The number of carbonyl (C=O) groups excluding carboxylic acids is 1. The molecule has 0 aromatic carbocycles. The van der Waals surface area contributed by atoms with Gasteiger partial charge in [-0.1, -0.05) is 6.08 Å². The maximum Gasteiger partial charge on any atom is 0.263 e. The van der Waals surface area contributed by atoms with E-state index in [0.717, 1.165) is 31.0 Å². The SMILES string of the molecule is C=CCNC(=O)c1sc(NCC2CCCCO2)cc1N. The normalized spacial score (nSPS) is 18.5. The molecule has 1 aromatic heterocycles. The van der Waals surface area contributed by atoms with E-state index < -0.39 is 0 Å². The Kier molecular flexibility index (Phi) is 5.43. The van der Waals surface area contributed by atoms with E-state index >= 15 is 0 Å². The molecule has 110 valence electrons. The van der Waals surface area contributed by atoms with Crippen molar-refractivity contribution < 1.29 is 9.53 Å². The number of nitrogens with two attached hydrogens (primary N) is 1. The zero-order chi connectivity index (χ0) is 14.4. The minimum Gasteiger partial charge on any atom is -0.397 e. The molecule has 1 unspecified atom stereocenters. The summed E-state index contributed by atoms with van der Waals surface area (Å²) in [5.41, 5.74) is 6.38. The van der Waals surface area contributed by atoms with Gasteiger partial charge in [0.15, 0.2) is 0 Å². The monoisotopic (exact) mass is 295 g/mol. The Morgan fingerprint density at radius 3 is 3.15 bits per heavy atom. The van der Waals surface area contributed by atoms with Gasteiger partial charge in [-0.15, -0.1) is 17.9 Å². The Morgan fingerprint density at radius 2 is 2.45 bits per heavy atom. The topological polar surface area (TPSA) is 76.4 Å². The number of ether oxygens (including phenoxy) is 1. The van der Waals surface area contributed by atoms with Gasteiger partial charge < -0.3 is 21.1 Å². The van der Waals surface area contributed by atoms with E-state index in [9.17, 15) is 4.79 Å². The van der Waals surface area contributed by atoms with Gasteiger partial charge in [-0.2, -0.15) is 0 Å². The molecule has 6 heteroatoms. The third kappa shape index (κ3) is 3.98. The summed E-state index contributed by atoms with van der Waals surface area (Å²) in [6, 6.07) is 1.80. The maximum atomic E-state index is 11.9. The summed E-state index contributed by atoms with van der Waals surface area (Å²) in [6.45, 7) is 5.60. The molecule has 5 nitrogen and oxygen atoms in total. The van der Waals surface area contributed by atoms with E-state index in [1.807, 2.05) is 0 Å². The van der Waals surface area contributed by atoms with Gasteiger partial charge in [0.25, 0.3) is 5.91 Å². The number of nitrogens with one attached hydrogen (secondary N) is 2. The fraction of sp³-hybridized carbons (Fsp3) is 0.500. The van der Waals surface area contributed by atoms with Gasteiger partial charge in [0.1, 0.15) is 4.88 Å². The molecule has 0 bridgehead atoms. The first-order chi connectivity index (χ1) is 9.70. The van der Waals surface area contributed by atoms with Crippen molar-refractivity contribution in [3.8, 4) is 0 Å². The Hall–Kier alpha value is -1.53. The van der Waals surface area contributed by atoms with Crippen LogP contribution in [0.4, 0.5) is 10.7 Å². The van der Waals surface area contributed by atoms with Gasteiger partial charge in [0.05, 0.1) is 16.8 Å². The van der Waals surface area contributed by atoms with Crippen LogP contribution >= 0.6 is 11.3 Å². The number of nitrogen functional groups attached to an aromatic ring is 1. The lowest BCUT2D eigenvalue weighted by Crippen LogP contribution is -2.26. The molecule has 20 heavy (non-hydrogen) atoms. The Morgan fingerprint density at radius 1 is 1.60 bits per heavy atom. The Bertz CT molecular complexity index is 467. The molecule has 1 saturated heterocycles. The van der Waals surface area contributed by atoms with Crippen molar-refractivity contribution in [3.05, 3.63) is 23.6 Å². The summed E-state index contributed by atoms with van der Waals surface area (Å²) in [5, 5.41) is 6.93. The standard InChI is InChI=1S/C14H21N3O2S/c1-2-6-16-14(18)13-11(15)8-12(20-13)17-9-10-5-3-4-7-19-10/h2,8,10,17H,1,3-7,9,15H2,(H,16,18). The van der Waals surface area contributed by atoms with Crippen LogP contribution in [-0.2, 0) is 4.74 Å². The van der Waals surface area contributed by atoms with Gasteiger partial charge in [-0.25, -0.2) is 0 Å². The molecule has 0 radical (unpaired) electrons. The second kappa shape index (κ2) is 7.31. The van der Waals surface area contributed by atoms with E-state index in [0.29, 0.717) is 17.1 Å². The molecular weight excluding hydrogens is 274 g/mol. The van der Waals surface area contributed by atoms with Gasteiger partial charge in [-0.05, 0) is 25.3 Å². The molecule has 0 saturated carbocycles. The van der Waals surface area contributed by atoms with Crippen LogP contribution in [0.2, 0.25) is 0 Å². The van der Waals surface area contributed by atoms with Crippen LogP contribution < -0.4 is 16.4 Å². The van der Waals surface area contributed by atoms with Crippen molar-refractivity contribution in [3.63, 3.8) is 0 Å². The number of thiophene rings is 1. The Balaban J connectivity index is 1.89. The maximum absolute atomic E-state index is 11.9. The van der Waals surface area contributed by atoms with E-state index in [2.05, 4.69) is 17.2 Å². The van der Waals surface area contributed by atoms with Crippen LogP contribution in [0.1, 0.15) is 28.9 Å². The highest BCUT2D eigenvalue weighted by Gasteiger charge is 2.16. The highest BCUT2D eigenvalue weighted by molar-refractivity contribution is 7.18. The number of hydrogen-bond acceptors (Lipinski definition) is 5. The summed E-state index contributed by atoms with van der Waals surface area (Å²) in [4.78, 5) is 12.4. The summed E-state index contributed by atoms with van der Waals surface area (Å²) >= 11 is 1.37. The summed E-state index contributed by atoms with van der Waals surface area (Å²) in [5.74, 6) is -0.158. The van der Waals surface area contributed by atoms with Crippen LogP contribution in [0.15, 0.2) is 18.7 Å². The number of rotatable bonds is 6. The van der Waals surface area contributed by atoms with Crippen LogP contribution in [0.25, 0.3) is 0 Å². The largest absolute Gasteiger partial charge is 0.397 e. The van der Waals surface area contributed by atoms with Crippen LogP contribution in [-0.4, -0.2) is 31.7 Å². The van der Waals surface area contributed by atoms with Crippen molar-refractivity contribution in [1.82, 2.24) is 5.32 Å². The van der Waals surface area contributed by atoms with Crippen LogP contribution in [0, 0.1) is 0 Å². The predicted molar refractivity (Wildman–Crippen MR) is 83.3 cm³/mol. The Labute approximate surface area is 123 Å². The first-order valence-electron chi connectivity index (χ1n) is 6.84. The summed E-state index contributed by atoms with van der Waals surface area (Å²) in [6.07, 6.45) is 5.34. The van der Waals surface area contributed by atoms with Gasteiger partial charge in [-0.3, -0.25) is 4.79 Å². The number of anilines is 2. The third-order valence-corrected chi connectivity index (χ3v) is 4.26. The number of carbonyl (C=O) groups is 1. The molecule has 2 heterocycles. The zero-order valence-corrected chi connectivity index (χ0v) is 12.3. The molecule has 1 atom stereocenters. The molecule has 2 rings (SSSR count). The van der Waals surface area contributed by atoms with Crippen molar-refractivity contribution in [2.24, 2.45) is 0 Å². The number of amides is 1. The highest BCUT2D eigenvalue weighted by atomic mass is 32.1. The molecule has 1 aliphatic rings. The van der Waals surface area contributed by atoms with Crippen molar-refractivity contribution in [2.75, 3.05) is 30.7 Å². The number of hydrogen-bond donors (Lipinski definition) is 3. The lowest BCUT2D eigenvalue weighted by molar-refractivity contribution is 0.0248. The van der Waals surface area contributed by atoms with Crippen molar-refractivity contribution in [1.29, 1.82) is 0 Å². The van der Waals surface area contributed by atoms with E-state index in [1.54, 1.807) is 12.1 Å². The average Bonchev–Trinajstić information content (AvgIpc) is 2.85. The van der Waals surface area contributed by atoms with E-state index in [1.165, 1.54) is 17.8 Å². The van der Waals surface area contributed by atoms with Crippen LogP contribution in [0.5, 0.6) is 0 Å². The smallest absolute Gasteiger partial charge is 0.263 e. The lowest BCUT2D eigenvalue weighted by Gasteiger charge is -2.22. The fourth-order valence-corrected chi connectivity index (χ4v) is 3.00. The van der Waals surface area contributed by atoms with Gasteiger partial charge in [0.2, 0.25) is 0 Å². The third-order valence-electron chi connectivity index (χ3n) is 3.15. The molecule has 1 amide bonds. The predicted octanol–water partition coefficient (Wildman–Crippen LogP) is 2.23. The lowest BCUT2D eigenvalue weighted by atomic mass is 10.1. The van der Waals surface area contributed by atoms with Crippen LogP contribution in [0.3, 0.4) is 0 Å². The van der Waals surface area contributed by atoms with Gasteiger partial charge in [0, 0.05) is 19.7 Å². The second-order valence-electron chi connectivity index (χ2n) is 4.76. The fourth-order valence-electron chi connectivity index (χ4n) is 2.10. The zero-order valence-electron chi connectivity index (χ0n) is 11.5. The first-order valence-corrected chi connectivity index (χ1v) is 7.66. The molecule has 1 fully saturated rings. The first kappa shape index (κ1) is 14.9. The second-order valence-corrected chi connectivity index (χ2v) is 5.82. The van der Waals surface area contributed by atoms with E-state index in [-0.39, 0.29) is 12.0 Å². The van der Waals surface area contributed by atoms with E-state index in [4.69, 9.17) is 10.5 Å². The molecule has 4 N–H and O–H groups in total. The molecule has 0 aliphatic carbocycles. The minimum atomic E-state index is -0.158. The van der Waals surface area contributed by atoms with Gasteiger partial charge >= 0.3 is 0 Å². The summed E-state index contributed by atoms with van der Waals surface area (Å²) in [7, 11) is 0. The molecule has 0 spiro atoms. The quantitative estimate of drug-likeness (QED) is 0.703.